The smallest absolute Gasteiger partial charge is 0.478 e. The molecule has 0 fully saturated rings. The van der Waals surface area contributed by atoms with Crippen molar-refractivity contribution < 1.29 is 41.0 Å². The summed E-state index contributed by atoms with van der Waals surface area (Å²) in [6, 6.07) is 11.2. The van der Waals surface area contributed by atoms with Gasteiger partial charge in [-0.05, 0) is 60.0 Å². The molecule has 1 N–H and O–H groups in total. The number of ether oxygens (including phenoxy) is 1. The molecule has 0 radical (unpaired) electrons. The van der Waals surface area contributed by atoms with Crippen LogP contribution in [0, 0.1) is 0 Å². The summed E-state index contributed by atoms with van der Waals surface area (Å²) in [7, 11) is 0. The average molecular weight is 523 g/mol. The summed E-state index contributed by atoms with van der Waals surface area (Å²) in [5.74, 6) is -1.61. The number of benzene rings is 2. The van der Waals surface area contributed by atoms with E-state index in [-0.39, 0.29) is 22.9 Å². The van der Waals surface area contributed by atoms with Gasteiger partial charge < -0.3 is 9.84 Å². The number of carbonyl (C=O) groups is 1. The van der Waals surface area contributed by atoms with Gasteiger partial charge in [0.1, 0.15) is 5.75 Å². The molecule has 0 saturated carbocycles. The molecule has 5 nitrogen and oxygen atoms in total. The minimum absolute atomic E-state index is 0.0181. The van der Waals surface area contributed by atoms with Crippen LogP contribution in [0.3, 0.4) is 0 Å². The molecule has 1 heterocycles. The second kappa shape index (κ2) is 10.0. The highest BCUT2D eigenvalue weighted by molar-refractivity contribution is 8.00. The van der Waals surface area contributed by atoms with Crippen LogP contribution in [0.1, 0.15) is 21.5 Å². The highest BCUT2D eigenvalue weighted by Gasteiger charge is 2.32. The van der Waals surface area contributed by atoms with E-state index < -0.39 is 29.8 Å². The lowest BCUT2D eigenvalue weighted by atomic mass is 10.2. The van der Waals surface area contributed by atoms with Gasteiger partial charge in [-0.3, -0.25) is 4.31 Å². The number of carboxylic acids is 1. The van der Waals surface area contributed by atoms with Gasteiger partial charge in [0.25, 0.3) is 0 Å². The van der Waals surface area contributed by atoms with Crippen LogP contribution in [0.2, 0.25) is 5.02 Å². The standard InChI is InChI=1S/C21H13ClF6N2O3S/c22-17-9-14(20(23,24)25)10-29-18(17)30(34-16-7-3-13(4-8-16)19(31)32)11-12-1-5-15(6-2-12)33-21(26,27)28/h1-10H,11H2,(H,31,32). The van der Waals surface area contributed by atoms with Gasteiger partial charge in [0, 0.05) is 11.1 Å². The maximum Gasteiger partial charge on any atom is 0.573 e. The van der Waals surface area contributed by atoms with Crippen LogP contribution in [-0.4, -0.2) is 22.4 Å². The predicted octanol–water partition coefficient (Wildman–Crippen LogP) is 7.06. The largest absolute Gasteiger partial charge is 0.573 e. The van der Waals surface area contributed by atoms with E-state index in [1.54, 1.807) is 0 Å². The van der Waals surface area contributed by atoms with E-state index in [2.05, 4.69) is 9.72 Å². The number of aromatic nitrogens is 1. The number of rotatable bonds is 7. The van der Waals surface area contributed by atoms with E-state index >= 15 is 0 Å². The molecule has 0 aliphatic carbocycles. The summed E-state index contributed by atoms with van der Waals surface area (Å²) in [5, 5.41) is 8.73. The fourth-order valence-electron chi connectivity index (χ4n) is 2.67. The average Bonchev–Trinajstić information content (AvgIpc) is 2.73. The van der Waals surface area contributed by atoms with E-state index in [4.69, 9.17) is 16.7 Å². The molecular weight excluding hydrogens is 510 g/mol. The summed E-state index contributed by atoms with van der Waals surface area (Å²) < 4.78 is 81.4. The number of halogens is 7. The summed E-state index contributed by atoms with van der Waals surface area (Å²) in [4.78, 5) is 15.4. The Hall–Kier alpha value is -3.12. The minimum Gasteiger partial charge on any atom is -0.478 e. The van der Waals surface area contributed by atoms with Gasteiger partial charge in [0.2, 0.25) is 0 Å². The molecule has 3 aromatic rings. The van der Waals surface area contributed by atoms with Crippen LogP contribution in [-0.2, 0) is 12.7 Å². The molecule has 0 saturated heterocycles. The van der Waals surface area contributed by atoms with Gasteiger partial charge in [-0.15, -0.1) is 13.2 Å². The Morgan fingerprint density at radius 1 is 1.03 bits per heavy atom. The van der Waals surface area contributed by atoms with Crippen molar-refractivity contribution in [2.45, 2.75) is 24.0 Å². The molecule has 0 unspecified atom stereocenters. The first-order valence-corrected chi connectivity index (χ1v) is 10.3. The molecule has 0 atom stereocenters. The third-order valence-electron chi connectivity index (χ3n) is 4.19. The summed E-state index contributed by atoms with van der Waals surface area (Å²) in [6.45, 7) is -0.0181. The van der Waals surface area contributed by atoms with Crippen molar-refractivity contribution in [3.05, 3.63) is 82.5 Å². The first-order valence-electron chi connectivity index (χ1n) is 9.18. The van der Waals surface area contributed by atoms with Gasteiger partial charge in [-0.25, -0.2) is 9.78 Å². The number of hydrogen-bond acceptors (Lipinski definition) is 5. The van der Waals surface area contributed by atoms with Crippen molar-refractivity contribution >= 4 is 35.3 Å². The highest BCUT2D eigenvalue weighted by Crippen LogP contribution is 2.38. The Morgan fingerprint density at radius 2 is 1.65 bits per heavy atom. The van der Waals surface area contributed by atoms with E-state index in [9.17, 15) is 31.1 Å². The van der Waals surface area contributed by atoms with Crippen LogP contribution in [0.25, 0.3) is 0 Å². The molecule has 13 heteroatoms. The number of anilines is 1. The lowest BCUT2D eigenvalue weighted by molar-refractivity contribution is -0.274. The molecular formula is C21H13ClF6N2O3S. The molecule has 3 rings (SSSR count). The van der Waals surface area contributed by atoms with E-state index in [0.717, 1.165) is 24.1 Å². The zero-order valence-corrected chi connectivity index (χ0v) is 18.3. The van der Waals surface area contributed by atoms with Gasteiger partial charge >= 0.3 is 18.5 Å². The minimum atomic E-state index is -4.86. The highest BCUT2D eigenvalue weighted by atomic mass is 35.5. The number of pyridine rings is 1. The Balaban J connectivity index is 1.91. The third-order valence-corrected chi connectivity index (χ3v) is 5.47. The van der Waals surface area contributed by atoms with Gasteiger partial charge in [0.15, 0.2) is 5.82 Å². The number of nitrogens with zero attached hydrogens (tertiary/aromatic N) is 2. The van der Waals surface area contributed by atoms with Crippen molar-refractivity contribution in [1.82, 2.24) is 4.98 Å². The summed E-state index contributed by atoms with van der Waals surface area (Å²) >= 11 is 7.09. The van der Waals surface area contributed by atoms with Crippen LogP contribution in [0.4, 0.5) is 32.2 Å². The van der Waals surface area contributed by atoms with Gasteiger partial charge in [-0.1, -0.05) is 23.7 Å². The Bertz CT molecular complexity index is 1160. The van der Waals surface area contributed by atoms with Crippen LogP contribution in [0.5, 0.6) is 5.75 Å². The second-order valence-corrected chi connectivity index (χ2v) is 8.18. The van der Waals surface area contributed by atoms with Crippen LogP contribution < -0.4 is 9.04 Å². The first kappa shape index (κ1) is 25.5. The third kappa shape index (κ3) is 6.94. The molecule has 1 aromatic heterocycles. The molecule has 2 aromatic carbocycles. The second-order valence-electron chi connectivity index (χ2n) is 6.68. The topological polar surface area (TPSA) is 62.7 Å². The molecule has 34 heavy (non-hydrogen) atoms. The van der Waals surface area contributed by atoms with Crippen LogP contribution >= 0.6 is 23.5 Å². The lowest BCUT2D eigenvalue weighted by Crippen LogP contribution is -2.18. The molecule has 0 aliphatic rings. The molecule has 0 amide bonds. The zero-order valence-electron chi connectivity index (χ0n) is 16.7. The van der Waals surface area contributed by atoms with Crippen molar-refractivity contribution in [3.63, 3.8) is 0 Å². The summed E-state index contributed by atoms with van der Waals surface area (Å²) in [6.07, 6.45) is -8.90. The van der Waals surface area contributed by atoms with Crippen molar-refractivity contribution in [2.24, 2.45) is 0 Å². The van der Waals surface area contributed by atoms with E-state index in [0.29, 0.717) is 22.7 Å². The Morgan fingerprint density at radius 3 is 2.15 bits per heavy atom. The summed E-state index contributed by atoms with van der Waals surface area (Å²) in [5.41, 5.74) is -0.547. The van der Waals surface area contributed by atoms with E-state index in [1.807, 2.05) is 0 Å². The number of alkyl halides is 6. The van der Waals surface area contributed by atoms with Gasteiger partial charge in [-0.2, -0.15) is 13.2 Å². The van der Waals surface area contributed by atoms with Crippen molar-refractivity contribution in [3.8, 4) is 5.75 Å². The fourth-order valence-corrected chi connectivity index (χ4v) is 3.94. The van der Waals surface area contributed by atoms with Gasteiger partial charge in [0.05, 0.1) is 22.7 Å². The normalized spacial score (nSPS) is 11.9. The monoisotopic (exact) mass is 522 g/mol. The van der Waals surface area contributed by atoms with Crippen LogP contribution in [0.15, 0.2) is 65.7 Å². The van der Waals surface area contributed by atoms with Crippen molar-refractivity contribution in [2.75, 3.05) is 4.31 Å². The Kier molecular flexibility index (Phi) is 7.51. The lowest BCUT2D eigenvalue weighted by Gasteiger charge is -2.24. The number of aromatic carboxylic acids is 1. The van der Waals surface area contributed by atoms with E-state index in [1.165, 1.54) is 40.7 Å². The number of carboxylic acid groups (broad SMARTS) is 1. The fraction of sp³-hybridized carbons (Fsp3) is 0.143. The predicted molar refractivity (Wildman–Crippen MR) is 113 cm³/mol. The molecule has 180 valence electrons. The maximum atomic E-state index is 13.0. The molecule has 0 aliphatic heterocycles. The van der Waals surface area contributed by atoms with Crippen molar-refractivity contribution in [1.29, 1.82) is 0 Å². The number of hydrogen-bond donors (Lipinski definition) is 1. The molecule has 0 spiro atoms. The maximum absolute atomic E-state index is 13.0. The Labute approximate surface area is 198 Å². The molecule has 0 bridgehead atoms. The first-order chi connectivity index (χ1) is 15.8. The zero-order chi connectivity index (χ0) is 25.1. The SMILES string of the molecule is O=C(O)c1ccc(SN(Cc2ccc(OC(F)(F)F)cc2)c2ncc(C(F)(F)F)cc2Cl)cc1. The quantitative estimate of drug-likeness (QED) is 0.265.